The first kappa shape index (κ1) is 24.0. The Hall–Kier alpha value is -3.07. The summed E-state index contributed by atoms with van der Waals surface area (Å²) in [4.78, 5) is 31.4. The minimum absolute atomic E-state index is 0.0591. The fourth-order valence-electron chi connectivity index (χ4n) is 8.55. The van der Waals surface area contributed by atoms with Crippen molar-refractivity contribution in [1.82, 2.24) is 4.98 Å². The van der Waals surface area contributed by atoms with Gasteiger partial charge in [-0.15, -0.1) is 6.58 Å². The maximum absolute atomic E-state index is 13.7. The molecule has 194 valence electrons. The lowest BCUT2D eigenvalue weighted by atomic mass is 9.53. The van der Waals surface area contributed by atoms with Crippen LogP contribution in [0.2, 0.25) is 0 Å². The van der Waals surface area contributed by atoms with E-state index >= 15 is 0 Å². The zero-order valence-corrected chi connectivity index (χ0v) is 22.4. The van der Waals surface area contributed by atoms with Gasteiger partial charge in [0.1, 0.15) is 5.78 Å². The van der Waals surface area contributed by atoms with E-state index in [2.05, 4.69) is 54.9 Å². The number of carbonyl (C=O) groups excluding carboxylic acids is 2. The highest BCUT2D eigenvalue weighted by atomic mass is 16.1. The van der Waals surface area contributed by atoms with Crippen LogP contribution in [0.3, 0.4) is 0 Å². The van der Waals surface area contributed by atoms with Gasteiger partial charge >= 0.3 is 0 Å². The van der Waals surface area contributed by atoms with E-state index in [9.17, 15) is 9.59 Å². The van der Waals surface area contributed by atoms with Crippen LogP contribution < -0.4 is 0 Å². The zero-order chi connectivity index (χ0) is 26.0. The molecule has 3 saturated carbocycles. The van der Waals surface area contributed by atoms with Gasteiger partial charge in [-0.1, -0.05) is 48.9 Å². The van der Waals surface area contributed by atoms with Crippen LogP contribution in [-0.2, 0) is 9.59 Å². The van der Waals surface area contributed by atoms with E-state index in [-0.39, 0.29) is 23.5 Å². The van der Waals surface area contributed by atoms with Gasteiger partial charge in [0.15, 0.2) is 5.78 Å². The fraction of sp³-hybridized carbons (Fsp3) is 0.457. The molecule has 0 N–H and O–H groups in total. The summed E-state index contributed by atoms with van der Waals surface area (Å²) in [5.74, 6) is 2.32. The summed E-state index contributed by atoms with van der Waals surface area (Å²) in [5.41, 5.74) is 7.70. The monoisotopic (exact) mass is 503 g/mol. The Bertz CT molecular complexity index is 1360. The first-order valence-corrected chi connectivity index (χ1v) is 14.6. The number of fused-ring (bicyclic) bond motifs is 4. The molecule has 5 aliphatic rings. The van der Waals surface area contributed by atoms with E-state index < -0.39 is 0 Å². The number of ketones is 2. The van der Waals surface area contributed by atoms with E-state index in [1.807, 2.05) is 18.3 Å². The fourth-order valence-corrected chi connectivity index (χ4v) is 8.55. The summed E-state index contributed by atoms with van der Waals surface area (Å²) in [5, 5.41) is 0. The largest absolute Gasteiger partial charge is 0.299 e. The van der Waals surface area contributed by atoms with E-state index in [1.165, 1.54) is 29.6 Å². The van der Waals surface area contributed by atoms with E-state index in [1.54, 1.807) is 6.20 Å². The molecule has 1 aromatic heterocycles. The average molecular weight is 504 g/mol. The molecule has 3 fully saturated rings. The third-order valence-corrected chi connectivity index (χ3v) is 10.7. The number of hydrogen-bond donors (Lipinski definition) is 0. The van der Waals surface area contributed by atoms with Crippen LogP contribution >= 0.6 is 0 Å². The standard InChI is InChI=1S/C35H37NO2/c1-3-21-15-31-33-27(12-13-35(31,2)19-21)28-18-29(23-8-6-22(7-9-23)25-5-4-14-36-20-25)32(37)17-26(28)16-30(33)34(38)24-10-11-24/h3-9,14,17,20-21,24,29-31,33H,1,10-13,15-16,18-19H2,2H3/t21?,29?,30?,31-,33-,35+/m0/s1. The molecule has 3 unspecified atom stereocenters. The van der Waals surface area contributed by atoms with Gasteiger partial charge in [0.25, 0.3) is 0 Å². The van der Waals surface area contributed by atoms with Gasteiger partial charge in [0.05, 0.1) is 5.92 Å². The van der Waals surface area contributed by atoms with Crippen LogP contribution in [0.4, 0.5) is 0 Å². The van der Waals surface area contributed by atoms with Crippen molar-refractivity contribution in [3.05, 3.63) is 89.8 Å². The first-order chi connectivity index (χ1) is 18.4. The van der Waals surface area contributed by atoms with E-state index in [0.717, 1.165) is 55.2 Å². The lowest BCUT2D eigenvalue weighted by Crippen LogP contribution is -2.44. The number of pyridine rings is 1. The van der Waals surface area contributed by atoms with E-state index in [0.29, 0.717) is 29.0 Å². The molecule has 0 radical (unpaired) electrons. The molecular formula is C35H37NO2. The van der Waals surface area contributed by atoms with Crippen LogP contribution in [0.25, 0.3) is 11.1 Å². The molecule has 0 spiro atoms. The maximum atomic E-state index is 13.7. The van der Waals surface area contributed by atoms with Crippen molar-refractivity contribution in [2.24, 2.45) is 35.0 Å². The SMILES string of the molecule is C=CC1C[C@H]2[C@H]3C(=C4CC(c5ccc(-c6cccnc6)cc5)C(=O)C=C4CC3C(=O)C3CC3)CC[C@]2(C)C1. The topological polar surface area (TPSA) is 47.0 Å². The molecule has 1 heterocycles. The Labute approximate surface area is 226 Å². The normalized spacial score (nSPS) is 34.2. The molecule has 0 bridgehead atoms. The van der Waals surface area contributed by atoms with Crippen molar-refractivity contribution < 1.29 is 9.59 Å². The third-order valence-electron chi connectivity index (χ3n) is 10.7. The van der Waals surface area contributed by atoms with Crippen LogP contribution in [0.1, 0.15) is 69.8 Å². The predicted molar refractivity (Wildman–Crippen MR) is 150 cm³/mol. The van der Waals surface area contributed by atoms with Gasteiger partial charge in [0.2, 0.25) is 0 Å². The lowest BCUT2D eigenvalue weighted by Gasteiger charge is -2.50. The predicted octanol–water partition coefficient (Wildman–Crippen LogP) is 7.66. The average Bonchev–Trinajstić information content (AvgIpc) is 3.73. The number of Topliss-reactive ketones (excluding diaryl/α,β-unsaturated/α-hetero) is 1. The van der Waals surface area contributed by atoms with Crippen LogP contribution in [0.5, 0.6) is 0 Å². The molecule has 2 aromatic rings. The summed E-state index contributed by atoms with van der Waals surface area (Å²) in [6.45, 7) is 6.62. The molecule has 7 rings (SSSR count). The Morgan fingerprint density at radius 3 is 2.63 bits per heavy atom. The second-order valence-electron chi connectivity index (χ2n) is 12.9. The molecule has 3 nitrogen and oxygen atoms in total. The maximum Gasteiger partial charge on any atom is 0.163 e. The molecule has 1 aromatic carbocycles. The van der Waals surface area contributed by atoms with Crippen molar-refractivity contribution in [2.45, 2.75) is 64.2 Å². The van der Waals surface area contributed by atoms with Gasteiger partial charge in [-0.25, -0.2) is 0 Å². The third kappa shape index (κ3) is 3.89. The minimum Gasteiger partial charge on any atom is -0.299 e. The number of rotatable bonds is 5. The Balaban J connectivity index is 1.25. The Morgan fingerprint density at radius 2 is 1.92 bits per heavy atom. The smallest absolute Gasteiger partial charge is 0.163 e. The summed E-state index contributed by atoms with van der Waals surface area (Å²) >= 11 is 0. The second-order valence-corrected chi connectivity index (χ2v) is 12.9. The summed E-state index contributed by atoms with van der Waals surface area (Å²) in [6, 6.07) is 12.5. The molecular weight excluding hydrogens is 466 g/mol. The number of allylic oxidation sites excluding steroid dienone is 5. The number of nitrogens with zero attached hydrogens (tertiary/aromatic N) is 1. The molecule has 38 heavy (non-hydrogen) atoms. The Kier molecular flexibility index (Phi) is 5.69. The molecule has 3 heteroatoms. The van der Waals surface area contributed by atoms with Gasteiger partial charge in [0, 0.05) is 24.2 Å². The van der Waals surface area contributed by atoms with Gasteiger partial charge in [-0.2, -0.15) is 0 Å². The highest BCUT2D eigenvalue weighted by Crippen LogP contribution is 2.63. The van der Waals surface area contributed by atoms with Crippen LogP contribution in [0.15, 0.2) is 84.2 Å². The van der Waals surface area contributed by atoms with Crippen molar-refractivity contribution >= 4 is 11.6 Å². The Morgan fingerprint density at radius 1 is 1.11 bits per heavy atom. The zero-order valence-electron chi connectivity index (χ0n) is 22.4. The van der Waals surface area contributed by atoms with Crippen LogP contribution in [-0.4, -0.2) is 16.6 Å². The lowest BCUT2D eigenvalue weighted by molar-refractivity contribution is -0.127. The number of carbonyl (C=O) groups is 2. The van der Waals surface area contributed by atoms with Crippen molar-refractivity contribution in [3.63, 3.8) is 0 Å². The summed E-state index contributed by atoms with van der Waals surface area (Å²) in [7, 11) is 0. The quantitative estimate of drug-likeness (QED) is 0.394. The molecule has 0 amide bonds. The summed E-state index contributed by atoms with van der Waals surface area (Å²) < 4.78 is 0. The van der Waals surface area contributed by atoms with Gasteiger partial charge in [-0.05, 0) is 115 Å². The summed E-state index contributed by atoms with van der Waals surface area (Å²) in [6.07, 6.45) is 16.0. The number of benzene rings is 1. The minimum atomic E-state index is -0.140. The molecule has 0 aliphatic heterocycles. The van der Waals surface area contributed by atoms with Crippen LogP contribution in [0, 0.1) is 35.0 Å². The number of aromatic nitrogens is 1. The highest BCUT2D eigenvalue weighted by Gasteiger charge is 2.56. The first-order valence-electron chi connectivity index (χ1n) is 14.6. The molecule has 0 saturated heterocycles. The van der Waals surface area contributed by atoms with Gasteiger partial charge in [-0.3, -0.25) is 14.6 Å². The number of hydrogen-bond acceptors (Lipinski definition) is 3. The van der Waals surface area contributed by atoms with Crippen molar-refractivity contribution in [2.75, 3.05) is 0 Å². The molecule has 6 atom stereocenters. The van der Waals surface area contributed by atoms with Crippen molar-refractivity contribution in [3.8, 4) is 11.1 Å². The second kappa shape index (κ2) is 9.00. The van der Waals surface area contributed by atoms with Gasteiger partial charge < -0.3 is 0 Å². The molecule has 5 aliphatic carbocycles. The highest BCUT2D eigenvalue weighted by molar-refractivity contribution is 5.99. The van der Waals surface area contributed by atoms with Crippen molar-refractivity contribution in [1.29, 1.82) is 0 Å². The van der Waals surface area contributed by atoms with E-state index in [4.69, 9.17) is 0 Å².